The minimum atomic E-state index is 0.133. The summed E-state index contributed by atoms with van der Waals surface area (Å²) in [7, 11) is 1.76. The van der Waals surface area contributed by atoms with Crippen LogP contribution in [-0.2, 0) is 4.74 Å². The first kappa shape index (κ1) is 15.9. The molecule has 1 rings (SSSR count). The zero-order valence-electron chi connectivity index (χ0n) is 12.5. The van der Waals surface area contributed by atoms with E-state index in [4.69, 9.17) is 4.74 Å². The van der Waals surface area contributed by atoms with Gasteiger partial charge in [0.2, 0.25) is 0 Å². The molecule has 0 spiro atoms. The Morgan fingerprint density at radius 1 is 1.17 bits per heavy atom. The Labute approximate surface area is 113 Å². The van der Waals surface area contributed by atoms with Crippen LogP contribution in [0.25, 0.3) is 0 Å². The van der Waals surface area contributed by atoms with Gasteiger partial charge in [0.15, 0.2) is 0 Å². The van der Waals surface area contributed by atoms with Crippen molar-refractivity contribution >= 4 is 0 Å². The molecule has 1 aliphatic carbocycles. The summed E-state index contributed by atoms with van der Waals surface area (Å²) in [6.45, 7) is 7.57. The van der Waals surface area contributed by atoms with E-state index >= 15 is 0 Å². The number of nitrogens with zero attached hydrogens (tertiary/aromatic N) is 1. The van der Waals surface area contributed by atoms with Crippen molar-refractivity contribution in [2.45, 2.75) is 58.4 Å². The van der Waals surface area contributed by atoms with Crippen molar-refractivity contribution < 1.29 is 9.84 Å². The maximum atomic E-state index is 9.86. The Kier molecular flexibility index (Phi) is 7.20. The molecule has 3 nitrogen and oxygen atoms in total. The van der Waals surface area contributed by atoms with E-state index in [2.05, 4.69) is 18.7 Å². The van der Waals surface area contributed by atoms with Gasteiger partial charge >= 0.3 is 0 Å². The van der Waals surface area contributed by atoms with Gasteiger partial charge in [-0.15, -0.1) is 0 Å². The Morgan fingerprint density at radius 2 is 1.78 bits per heavy atom. The zero-order chi connectivity index (χ0) is 13.4. The van der Waals surface area contributed by atoms with Crippen molar-refractivity contribution in [1.29, 1.82) is 0 Å². The first-order chi connectivity index (χ1) is 8.63. The van der Waals surface area contributed by atoms with Gasteiger partial charge in [-0.1, -0.05) is 25.7 Å². The van der Waals surface area contributed by atoms with Gasteiger partial charge < -0.3 is 9.84 Å². The van der Waals surface area contributed by atoms with Crippen LogP contribution in [0, 0.1) is 5.41 Å². The van der Waals surface area contributed by atoms with Crippen molar-refractivity contribution in [2.75, 3.05) is 33.4 Å². The molecule has 0 aromatic carbocycles. The summed E-state index contributed by atoms with van der Waals surface area (Å²) >= 11 is 0. The van der Waals surface area contributed by atoms with Gasteiger partial charge in [0, 0.05) is 38.3 Å². The first-order valence-electron chi connectivity index (χ1n) is 7.47. The van der Waals surface area contributed by atoms with Crippen LogP contribution in [0.5, 0.6) is 0 Å². The Hall–Kier alpha value is -0.120. The van der Waals surface area contributed by atoms with E-state index in [0.717, 1.165) is 19.7 Å². The number of aliphatic hydroxyl groups excluding tert-OH is 1. The lowest BCUT2D eigenvalue weighted by molar-refractivity contribution is 0.0349. The van der Waals surface area contributed by atoms with Gasteiger partial charge in [0.05, 0.1) is 6.61 Å². The normalized spacial score (nSPS) is 20.3. The smallest absolute Gasteiger partial charge is 0.0589 e. The van der Waals surface area contributed by atoms with Crippen molar-refractivity contribution in [3.63, 3.8) is 0 Å². The summed E-state index contributed by atoms with van der Waals surface area (Å²) in [5.41, 5.74) is 0.133. The fraction of sp³-hybridized carbons (Fsp3) is 1.00. The highest BCUT2D eigenvalue weighted by Gasteiger charge is 2.32. The lowest BCUT2D eigenvalue weighted by Gasteiger charge is -2.38. The van der Waals surface area contributed by atoms with E-state index in [1.54, 1.807) is 7.11 Å². The van der Waals surface area contributed by atoms with E-state index in [-0.39, 0.29) is 5.41 Å². The minimum Gasteiger partial charge on any atom is -0.396 e. The molecule has 0 heterocycles. The van der Waals surface area contributed by atoms with Crippen molar-refractivity contribution in [3.8, 4) is 0 Å². The predicted octanol–water partition coefficient (Wildman–Crippen LogP) is 2.68. The molecule has 0 aliphatic heterocycles. The second-order valence-electron chi connectivity index (χ2n) is 6.13. The molecule has 18 heavy (non-hydrogen) atoms. The zero-order valence-corrected chi connectivity index (χ0v) is 12.5. The molecule has 0 amide bonds. The molecule has 0 aromatic rings. The van der Waals surface area contributed by atoms with Crippen LogP contribution in [0.15, 0.2) is 0 Å². The fourth-order valence-electron chi connectivity index (χ4n) is 3.00. The lowest BCUT2D eigenvalue weighted by atomic mass is 9.80. The van der Waals surface area contributed by atoms with Crippen LogP contribution >= 0.6 is 0 Å². The monoisotopic (exact) mass is 257 g/mol. The highest BCUT2D eigenvalue weighted by Crippen LogP contribution is 2.35. The molecule has 108 valence electrons. The van der Waals surface area contributed by atoms with Gasteiger partial charge in [-0.3, -0.25) is 4.90 Å². The minimum absolute atomic E-state index is 0.133. The van der Waals surface area contributed by atoms with Gasteiger partial charge in [-0.25, -0.2) is 0 Å². The Bertz CT molecular complexity index is 211. The molecule has 0 saturated heterocycles. The van der Waals surface area contributed by atoms with E-state index in [1.807, 2.05) is 0 Å². The standard InChI is InChI=1S/C15H31NO2/c1-14(2)16(10-11-18-3)12-15(13-17)8-6-4-5-7-9-15/h14,17H,4-13H2,1-3H3. The summed E-state index contributed by atoms with van der Waals surface area (Å²) in [4.78, 5) is 2.46. The van der Waals surface area contributed by atoms with Crippen molar-refractivity contribution in [3.05, 3.63) is 0 Å². The molecule has 1 fully saturated rings. The molecule has 1 aliphatic rings. The number of hydrogen-bond acceptors (Lipinski definition) is 3. The summed E-state index contributed by atoms with van der Waals surface area (Å²) in [6.07, 6.45) is 7.58. The van der Waals surface area contributed by atoms with Crippen LogP contribution in [-0.4, -0.2) is 49.5 Å². The van der Waals surface area contributed by atoms with Crippen LogP contribution in [0.1, 0.15) is 52.4 Å². The Balaban J connectivity index is 2.61. The van der Waals surface area contributed by atoms with Gasteiger partial charge in [-0.2, -0.15) is 0 Å². The van der Waals surface area contributed by atoms with Crippen molar-refractivity contribution in [1.82, 2.24) is 4.90 Å². The molecule has 0 radical (unpaired) electrons. The quantitative estimate of drug-likeness (QED) is 0.712. The average molecular weight is 257 g/mol. The van der Waals surface area contributed by atoms with E-state index in [1.165, 1.54) is 38.5 Å². The molecule has 0 unspecified atom stereocenters. The molecular formula is C15H31NO2. The molecule has 0 atom stereocenters. The Morgan fingerprint density at radius 3 is 2.22 bits per heavy atom. The van der Waals surface area contributed by atoms with E-state index < -0.39 is 0 Å². The third-order valence-electron chi connectivity index (χ3n) is 4.35. The summed E-state index contributed by atoms with van der Waals surface area (Å²) < 4.78 is 5.20. The second kappa shape index (κ2) is 8.13. The van der Waals surface area contributed by atoms with Crippen LogP contribution in [0.4, 0.5) is 0 Å². The van der Waals surface area contributed by atoms with E-state index in [9.17, 15) is 5.11 Å². The number of rotatable bonds is 7. The SMILES string of the molecule is COCCN(CC1(CO)CCCCCC1)C(C)C. The largest absolute Gasteiger partial charge is 0.396 e. The third kappa shape index (κ3) is 4.87. The predicted molar refractivity (Wildman–Crippen MR) is 75.8 cm³/mol. The fourth-order valence-corrected chi connectivity index (χ4v) is 3.00. The number of methoxy groups -OCH3 is 1. The molecular weight excluding hydrogens is 226 g/mol. The van der Waals surface area contributed by atoms with Crippen LogP contribution in [0.2, 0.25) is 0 Å². The van der Waals surface area contributed by atoms with Crippen LogP contribution in [0.3, 0.4) is 0 Å². The van der Waals surface area contributed by atoms with Gasteiger partial charge in [0.25, 0.3) is 0 Å². The summed E-state index contributed by atoms with van der Waals surface area (Å²) in [6, 6.07) is 0.520. The molecule has 0 bridgehead atoms. The molecule has 1 N–H and O–H groups in total. The van der Waals surface area contributed by atoms with E-state index in [0.29, 0.717) is 12.6 Å². The molecule has 3 heteroatoms. The second-order valence-corrected chi connectivity index (χ2v) is 6.13. The summed E-state index contributed by atoms with van der Waals surface area (Å²) in [5.74, 6) is 0. The topological polar surface area (TPSA) is 32.7 Å². The summed E-state index contributed by atoms with van der Waals surface area (Å²) in [5, 5.41) is 9.86. The molecule has 0 aromatic heterocycles. The maximum Gasteiger partial charge on any atom is 0.0589 e. The number of aliphatic hydroxyl groups is 1. The average Bonchev–Trinajstić information content (AvgIpc) is 2.60. The first-order valence-corrected chi connectivity index (χ1v) is 7.47. The highest BCUT2D eigenvalue weighted by atomic mass is 16.5. The van der Waals surface area contributed by atoms with Crippen molar-refractivity contribution in [2.24, 2.45) is 5.41 Å². The van der Waals surface area contributed by atoms with Gasteiger partial charge in [0.1, 0.15) is 0 Å². The number of hydrogen-bond donors (Lipinski definition) is 1. The highest BCUT2D eigenvalue weighted by molar-refractivity contribution is 4.85. The lowest BCUT2D eigenvalue weighted by Crippen LogP contribution is -2.44. The number of ether oxygens (including phenoxy) is 1. The maximum absolute atomic E-state index is 9.86. The van der Waals surface area contributed by atoms with Crippen LogP contribution < -0.4 is 0 Å². The van der Waals surface area contributed by atoms with Gasteiger partial charge in [-0.05, 0) is 26.7 Å². The third-order valence-corrected chi connectivity index (χ3v) is 4.35. The molecule has 1 saturated carbocycles.